The van der Waals surface area contributed by atoms with Crippen LogP contribution in [-0.2, 0) is 21.4 Å². The Morgan fingerprint density at radius 1 is 1.04 bits per heavy atom. The zero-order chi connectivity index (χ0) is 20.1. The molecule has 2 aromatic carbocycles. The third-order valence-electron chi connectivity index (χ3n) is 4.82. The summed E-state index contributed by atoms with van der Waals surface area (Å²) in [6.07, 6.45) is 0. The third-order valence-corrected chi connectivity index (χ3v) is 6.97. The van der Waals surface area contributed by atoms with Gasteiger partial charge in [-0.1, -0.05) is 41.9 Å². The van der Waals surface area contributed by atoms with Crippen LogP contribution in [0.2, 0.25) is 5.02 Å². The quantitative estimate of drug-likeness (QED) is 0.752. The van der Waals surface area contributed by atoms with E-state index in [1.807, 2.05) is 31.3 Å². The molecule has 1 saturated heterocycles. The number of hydrogen-bond donors (Lipinski definition) is 1. The molecule has 0 radical (unpaired) electrons. The predicted octanol–water partition coefficient (Wildman–Crippen LogP) is 0.888. The lowest BCUT2D eigenvalue weighted by atomic mass is 10.2. The molecule has 1 aliphatic rings. The molecule has 1 atom stereocenters. The highest BCUT2D eigenvalue weighted by atomic mass is 35.5. The molecule has 0 spiro atoms. The Morgan fingerprint density at radius 3 is 2.36 bits per heavy atom. The summed E-state index contributed by atoms with van der Waals surface area (Å²) in [4.78, 5) is 15.7. The SMILES string of the molecule is C[NH+](CC(=O)N1CCN(S(=O)(=O)c2ccccc2)CC1)Cc1cccc(Cl)c1. The topological polar surface area (TPSA) is 62.1 Å². The monoisotopic (exact) mass is 422 g/mol. The molecule has 0 bridgehead atoms. The molecular formula is C20H25ClN3O3S+. The first kappa shape index (κ1) is 20.8. The molecule has 150 valence electrons. The number of amides is 1. The lowest BCUT2D eigenvalue weighted by molar-refractivity contribution is -0.885. The van der Waals surface area contributed by atoms with Crippen molar-refractivity contribution in [2.45, 2.75) is 11.4 Å². The molecule has 0 saturated carbocycles. The Kier molecular flexibility index (Phi) is 6.72. The van der Waals surface area contributed by atoms with Gasteiger partial charge >= 0.3 is 0 Å². The number of piperazine rings is 1. The minimum absolute atomic E-state index is 0.0382. The van der Waals surface area contributed by atoms with Crippen LogP contribution in [0.3, 0.4) is 0 Å². The van der Waals surface area contributed by atoms with Gasteiger partial charge in [0.2, 0.25) is 10.0 Å². The molecule has 0 aromatic heterocycles. The number of nitrogens with zero attached hydrogens (tertiary/aromatic N) is 2. The molecule has 1 amide bonds. The van der Waals surface area contributed by atoms with Gasteiger partial charge in [-0.2, -0.15) is 4.31 Å². The molecular weight excluding hydrogens is 398 g/mol. The first-order valence-electron chi connectivity index (χ1n) is 9.25. The van der Waals surface area contributed by atoms with Crippen molar-refractivity contribution >= 4 is 27.5 Å². The first-order chi connectivity index (χ1) is 13.4. The fourth-order valence-corrected chi connectivity index (χ4v) is 5.00. The number of carbonyl (C=O) groups is 1. The maximum Gasteiger partial charge on any atom is 0.277 e. The molecule has 1 aliphatic heterocycles. The van der Waals surface area contributed by atoms with Gasteiger partial charge in [0.1, 0.15) is 6.54 Å². The highest BCUT2D eigenvalue weighted by Gasteiger charge is 2.30. The number of rotatable bonds is 6. The molecule has 2 aromatic rings. The Balaban J connectivity index is 1.52. The number of hydrogen-bond acceptors (Lipinski definition) is 3. The summed E-state index contributed by atoms with van der Waals surface area (Å²) in [5.74, 6) is 0.0382. The van der Waals surface area contributed by atoms with Crippen molar-refractivity contribution in [3.63, 3.8) is 0 Å². The summed E-state index contributed by atoms with van der Waals surface area (Å²) in [5.41, 5.74) is 1.08. The van der Waals surface area contributed by atoms with Crippen LogP contribution >= 0.6 is 11.6 Å². The zero-order valence-electron chi connectivity index (χ0n) is 15.8. The number of sulfonamides is 1. The van der Waals surface area contributed by atoms with Crippen LogP contribution in [0.4, 0.5) is 0 Å². The van der Waals surface area contributed by atoms with Crippen LogP contribution in [0.15, 0.2) is 59.5 Å². The largest absolute Gasteiger partial charge is 0.335 e. The van der Waals surface area contributed by atoms with Gasteiger partial charge in [-0.05, 0) is 24.3 Å². The van der Waals surface area contributed by atoms with E-state index in [2.05, 4.69) is 0 Å². The Bertz CT molecular complexity index is 913. The predicted molar refractivity (Wildman–Crippen MR) is 109 cm³/mol. The van der Waals surface area contributed by atoms with E-state index in [1.54, 1.807) is 35.2 Å². The van der Waals surface area contributed by atoms with Crippen LogP contribution in [0.1, 0.15) is 5.56 Å². The van der Waals surface area contributed by atoms with E-state index >= 15 is 0 Å². The van der Waals surface area contributed by atoms with Gasteiger partial charge in [-0.25, -0.2) is 8.42 Å². The molecule has 28 heavy (non-hydrogen) atoms. The Morgan fingerprint density at radius 2 is 1.71 bits per heavy atom. The summed E-state index contributed by atoms with van der Waals surface area (Å²) < 4.78 is 26.8. The van der Waals surface area contributed by atoms with Gasteiger partial charge in [0.15, 0.2) is 6.54 Å². The highest BCUT2D eigenvalue weighted by molar-refractivity contribution is 7.89. The second kappa shape index (κ2) is 9.05. The summed E-state index contributed by atoms with van der Waals surface area (Å²) in [6, 6.07) is 16.0. The first-order valence-corrected chi connectivity index (χ1v) is 11.1. The summed E-state index contributed by atoms with van der Waals surface area (Å²) >= 11 is 6.01. The molecule has 1 N–H and O–H groups in total. The Hall–Kier alpha value is -1.93. The second-order valence-electron chi connectivity index (χ2n) is 7.04. The van der Waals surface area contributed by atoms with Gasteiger partial charge in [-0.3, -0.25) is 4.79 Å². The van der Waals surface area contributed by atoms with Gasteiger partial charge in [0, 0.05) is 36.8 Å². The molecule has 6 nitrogen and oxygen atoms in total. The zero-order valence-corrected chi connectivity index (χ0v) is 17.4. The van der Waals surface area contributed by atoms with Crippen molar-refractivity contribution < 1.29 is 18.1 Å². The fourth-order valence-electron chi connectivity index (χ4n) is 3.35. The van der Waals surface area contributed by atoms with Crippen LogP contribution in [0.25, 0.3) is 0 Å². The van der Waals surface area contributed by atoms with Crippen molar-refractivity contribution in [2.24, 2.45) is 0 Å². The molecule has 1 unspecified atom stereocenters. The average Bonchev–Trinajstić information content (AvgIpc) is 2.68. The summed E-state index contributed by atoms with van der Waals surface area (Å²) in [5, 5.41) is 0.687. The van der Waals surface area contributed by atoms with Crippen LogP contribution in [0.5, 0.6) is 0 Å². The highest BCUT2D eigenvalue weighted by Crippen LogP contribution is 2.17. The smallest absolute Gasteiger partial charge is 0.277 e. The van der Waals surface area contributed by atoms with E-state index < -0.39 is 10.0 Å². The van der Waals surface area contributed by atoms with Crippen molar-refractivity contribution in [3.05, 3.63) is 65.2 Å². The lowest BCUT2D eigenvalue weighted by Gasteiger charge is -2.34. The minimum atomic E-state index is -3.50. The molecule has 1 heterocycles. The molecule has 0 aliphatic carbocycles. The van der Waals surface area contributed by atoms with Crippen LogP contribution < -0.4 is 4.90 Å². The van der Waals surface area contributed by atoms with Crippen molar-refractivity contribution in [1.82, 2.24) is 9.21 Å². The molecule has 3 rings (SSSR count). The van der Waals surface area contributed by atoms with Crippen LogP contribution in [0, 0.1) is 0 Å². The van der Waals surface area contributed by atoms with Crippen molar-refractivity contribution in [3.8, 4) is 0 Å². The minimum Gasteiger partial charge on any atom is -0.335 e. The normalized spacial score (nSPS) is 16.7. The third kappa shape index (κ3) is 5.11. The number of benzene rings is 2. The number of likely N-dealkylation sites (N-methyl/N-ethyl adjacent to an activating group) is 1. The van der Waals surface area contributed by atoms with E-state index in [4.69, 9.17) is 11.6 Å². The summed E-state index contributed by atoms with van der Waals surface area (Å²) in [6.45, 7) is 2.52. The van der Waals surface area contributed by atoms with Gasteiger partial charge in [0.05, 0.1) is 11.9 Å². The number of quaternary nitrogens is 1. The summed E-state index contributed by atoms with van der Waals surface area (Å²) in [7, 11) is -1.53. The van der Waals surface area contributed by atoms with E-state index in [9.17, 15) is 13.2 Å². The second-order valence-corrected chi connectivity index (χ2v) is 9.41. The maximum absolute atomic E-state index is 12.7. The fraction of sp³-hybridized carbons (Fsp3) is 0.350. The van der Waals surface area contributed by atoms with E-state index in [0.717, 1.165) is 10.5 Å². The number of nitrogens with one attached hydrogen (secondary N) is 1. The average molecular weight is 423 g/mol. The van der Waals surface area contributed by atoms with Gasteiger partial charge in [0.25, 0.3) is 5.91 Å². The van der Waals surface area contributed by atoms with E-state index in [-0.39, 0.29) is 5.91 Å². The van der Waals surface area contributed by atoms with E-state index in [0.29, 0.717) is 49.2 Å². The maximum atomic E-state index is 12.7. The van der Waals surface area contributed by atoms with Crippen LogP contribution in [-0.4, -0.2) is 63.3 Å². The van der Waals surface area contributed by atoms with Crippen molar-refractivity contribution in [2.75, 3.05) is 39.8 Å². The van der Waals surface area contributed by atoms with Crippen molar-refractivity contribution in [1.29, 1.82) is 0 Å². The number of halogens is 1. The molecule has 8 heteroatoms. The number of carbonyl (C=O) groups excluding carboxylic acids is 1. The lowest BCUT2D eigenvalue weighted by Crippen LogP contribution is -3.09. The Labute approximate surface area is 171 Å². The standard InChI is InChI=1S/C20H24ClN3O3S/c1-22(15-17-6-5-7-18(21)14-17)16-20(25)23-10-12-24(13-11-23)28(26,27)19-8-3-2-4-9-19/h2-9,14H,10-13,15-16H2,1H3/p+1. The van der Waals surface area contributed by atoms with Gasteiger partial charge in [-0.15, -0.1) is 0 Å². The molecule has 1 fully saturated rings. The van der Waals surface area contributed by atoms with Gasteiger partial charge < -0.3 is 9.80 Å². The van der Waals surface area contributed by atoms with E-state index in [1.165, 1.54) is 4.31 Å².